The number of anilines is 2. The van der Waals surface area contributed by atoms with Crippen molar-refractivity contribution in [1.82, 2.24) is 0 Å². The molecule has 0 atom stereocenters. The van der Waals surface area contributed by atoms with E-state index in [1.165, 1.54) is 43.8 Å². The van der Waals surface area contributed by atoms with Gasteiger partial charge >= 0.3 is 8.48 Å². The molecular formula is C56H39NOSi. The third-order valence-electron chi connectivity index (χ3n) is 11.8. The monoisotopic (exact) mass is 769 g/mol. The molecule has 1 aliphatic heterocycles. The van der Waals surface area contributed by atoms with Crippen LogP contribution in [0.1, 0.15) is 0 Å². The zero-order chi connectivity index (χ0) is 39.2. The van der Waals surface area contributed by atoms with Crippen molar-refractivity contribution in [1.29, 1.82) is 0 Å². The SMILES string of the molecule is c1ccc(-c2cccc(N3c4ccc5ccccc5c4-c4c(ccc5ccccc45)O[Si]3(c3cccc(-c4ccccc4)c3)c3cccc(-c4ccccc4)c3)c2)cc1. The third kappa shape index (κ3) is 5.94. The molecule has 1 heterocycles. The lowest BCUT2D eigenvalue weighted by molar-refractivity contribution is 0.568. The first-order valence-corrected chi connectivity index (χ1v) is 22.1. The molecule has 0 aliphatic carbocycles. The third-order valence-corrected chi connectivity index (χ3v) is 15.6. The van der Waals surface area contributed by atoms with Gasteiger partial charge in [-0.2, -0.15) is 0 Å². The summed E-state index contributed by atoms with van der Waals surface area (Å²) in [7, 11) is -3.65. The van der Waals surface area contributed by atoms with Gasteiger partial charge in [0, 0.05) is 32.9 Å². The minimum Gasteiger partial charge on any atom is -0.518 e. The molecule has 1 aliphatic rings. The lowest BCUT2D eigenvalue weighted by atomic mass is 9.91. The molecule has 0 radical (unpaired) electrons. The Balaban J connectivity index is 1.32. The molecule has 0 saturated carbocycles. The summed E-state index contributed by atoms with van der Waals surface area (Å²) in [6.45, 7) is 0. The van der Waals surface area contributed by atoms with Crippen molar-refractivity contribution in [2.75, 3.05) is 4.57 Å². The van der Waals surface area contributed by atoms with E-state index in [0.717, 1.165) is 49.8 Å². The molecule has 0 amide bonds. The van der Waals surface area contributed by atoms with Gasteiger partial charge in [0.15, 0.2) is 0 Å². The smallest absolute Gasteiger partial charge is 0.433 e. The molecule has 0 saturated heterocycles. The Labute approximate surface area is 346 Å². The summed E-state index contributed by atoms with van der Waals surface area (Å²) in [5, 5.41) is 7.02. The first-order valence-electron chi connectivity index (χ1n) is 20.3. The Kier molecular flexibility index (Phi) is 8.53. The number of nitrogens with zero attached hydrogens (tertiary/aromatic N) is 1. The molecule has 10 aromatic rings. The average Bonchev–Trinajstić information content (AvgIpc) is 3.46. The molecule has 0 unspecified atom stereocenters. The summed E-state index contributed by atoms with van der Waals surface area (Å²) in [6.07, 6.45) is 0. The molecule has 10 aromatic carbocycles. The lowest BCUT2D eigenvalue weighted by Gasteiger charge is -2.42. The van der Waals surface area contributed by atoms with Gasteiger partial charge < -0.3 is 8.99 Å². The van der Waals surface area contributed by atoms with Crippen molar-refractivity contribution >= 4 is 51.8 Å². The van der Waals surface area contributed by atoms with E-state index in [2.05, 4.69) is 241 Å². The van der Waals surface area contributed by atoms with Gasteiger partial charge in [0.05, 0.1) is 0 Å². The topological polar surface area (TPSA) is 12.5 Å². The zero-order valence-electron chi connectivity index (χ0n) is 32.4. The van der Waals surface area contributed by atoms with Gasteiger partial charge in [-0.15, -0.1) is 0 Å². The minimum absolute atomic E-state index is 0.880. The Bertz CT molecular complexity index is 3060. The highest BCUT2D eigenvalue weighted by atomic mass is 28.4. The molecular weight excluding hydrogens is 731 g/mol. The van der Waals surface area contributed by atoms with E-state index in [4.69, 9.17) is 4.43 Å². The first-order chi connectivity index (χ1) is 29.2. The van der Waals surface area contributed by atoms with Crippen LogP contribution in [0.4, 0.5) is 11.4 Å². The fraction of sp³-hybridized carbons (Fsp3) is 0. The predicted molar refractivity (Wildman–Crippen MR) is 250 cm³/mol. The Morgan fingerprint density at radius 3 is 1.32 bits per heavy atom. The molecule has 0 aromatic heterocycles. The van der Waals surface area contributed by atoms with E-state index in [9.17, 15) is 0 Å². The predicted octanol–water partition coefficient (Wildman–Crippen LogP) is 13.4. The fourth-order valence-corrected chi connectivity index (χ4v) is 13.1. The van der Waals surface area contributed by atoms with Crippen LogP contribution in [0.2, 0.25) is 0 Å². The van der Waals surface area contributed by atoms with Crippen molar-refractivity contribution in [3.8, 4) is 50.3 Å². The summed E-state index contributed by atoms with van der Waals surface area (Å²) in [4.78, 5) is 0. The highest BCUT2D eigenvalue weighted by molar-refractivity contribution is 7.01. The van der Waals surface area contributed by atoms with Crippen LogP contribution in [0, 0.1) is 0 Å². The Morgan fingerprint density at radius 1 is 0.322 bits per heavy atom. The maximum Gasteiger partial charge on any atom is 0.433 e. The van der Waals surface area contributed by atoms with Crippen molar-refractivity contribution in [2.45, 2.75) is 0 Å². The van der Waals surface area contributed by atoms with Gasteiger partial charge in [0.2, 0.25) is 0 Å². The highest BCUT2D eigenvalue weighted by Gasteiger charge is 2.53. The summed E-state index contributed by atoms with van der Waals surface area (Å²) < 4.78 is 10.8. The second-order valence-electron chi connectivity index (χ2n) is 15.2. The van der Waals surface area contributed by atoms with Gasteiger partial charge in [-0.1, -0.05) is 200 Å². The van der Waals surface area contributed by atoms with Gasteiger partial charge in [0.25, 0.3) is 0 Å². The number of rotatable bonds is 6. The van der Waals surface area contributed by atoms with E-state index < -0.39 is 8.48 Å². The Morgan fingerprint density at radius 2 is 0.763 bits per heavy atom. The largest absolute Gasteiger partial charge is 0.518 e. The number of fused-ring (bicyclic) bond motifs is 7. The van der Waals surface area contributed by atoms with Crippen LogP contribution in [0.15, 0.2) is 237 Å². The van der Waals surface area contributed by atoms with Crippen LogP contribution in [0.5, 0.6) is 5.75 Å². The normalized spacial score (nSPS) is 13.0. The van der Waals surface area contributed by atoms with Crippen molar-refractivity contribution in [3.63, 3.8) is 0 Å². The molecule has 278 valence electrons. The van der Waals surface area contributed by atoms with Crippen LogP contribution < -0.4 is 19.4 Å². The molecule has 0 fully saturated rings. The molecule has 0 spiro atoms. The van der Waals surface area contributed by atoms with E-state index in [0.29, 0.717) is 0 Å². The van der Waals surface area contributed by atoms with E-state index in [1.807, 2.05) is 0 Å². The van der Waals surface area contributed by atoms with E-state index >= 15 is 0 Å². The van der Waals surface area contributed by atoms with E-state index in [-0.39, 0.29) is 0 Å². The molecule has 11 rings (SSSR count). The number of hydrogen-bond donors (Lipinski definition) is 0. The Hall–Kier alpha value is -7.46. The van der Waals surface area contributed by atoms with Gasteiger partial charge in [-0.05, 0) is 91.3 Å². The van der Waals surface area contributed by atoms with Crippen molar-refractivity contribution < 1.29 is 4.43 Å². The van der Waals surface area contributed by atoms with E-state index in [1.54, 1.807) is 0 Å². The van der Waals surface area contributed by atoms with Gasteiger partial charge in [-0.25, -0.2) is 0 Å². The minimum atomic E-state index is -3.65. The van der Waals surface area contributed by atoms with Crippen molar-refractivity contribution in [3.05, 3.63) is 237 Å². The molecule has 0 N–H and O–H groups in total. The maximum atomic E-state index is 8.22. The second-order valence-corrected chi connectivity index (χ2v) is 18.3. The summed E-state index contributed by atoms with van der Waals surface area (Å²) in [5.74, 6) is 0.880. The van der Waals surface area contributed by atoms with Crippen LogP contribution in [-0.4, -0.2) is 8.48 Å². The second kappa shape index (κ2) is 14.5. The average molecular weight is 770 g/mol. The zero-order valence-corrected chi connectivity index (χ0v) is 33.4. The quantitative estimate of drug-likeness (QED) is 0.156. The number of hydrogen-bond acceptors (Lipinski definition) is 2. The number of benzene rings is 10. The van der Waals surface area contributed by atoms with Gasteiger partial charge in [-0.3, -0.25) is 0 Å². The highest BCUT2D eigenvalue weighted by Crippen LogP contribution is 2.52. The van der Waals surface area contributed by atoms with Crippen LogP contribution in [0.3, 0.4) is 0 Å². The van der Waals surface area contributed by atoms with Crippen LogP contribution >= 0.6 is 0 Å². The van der Waals surface area contributed by atoms with Crippen molar-refractivity contribution in [2.24, 2.45) is 0 Å². The molecule has 2 nitrogen and oxygen atoms in total. The summed E-state index contributed by atoms with van der Waals surface area (Å²) in [6, 6.07) is 86.0. The van der Waals surface area contributed by atoms with Crippen LogP contribution in [0.25, 0.3) is 66.1 Å². The fourth-order valence-electron chi connectivity index (χ4n) is 9.08. The molecule has 0 bridgehead atoms. The summed E-state index contributed by atoms with van der Waals surface area (Å²) in [5.41, 5.74) is 11.4. The van der Waals surface area contributed by atoms with Gasteiger partial charge in [0.1, 0.15) is 5.75 Å². The summed E-state index contributed by atoms with van der Waals surface area (Å²) >= 11 is 0. The van der Waals surface area contributed by atoms with Crippen LogP contribution in [-0.2, 0) is 0 Å². The first kappa shape index (κ1) is 34.8. The lowest BCUT2D eigenvalue weighted by Crippen LogP contribution is -2.73. The molecule has 59 heavy (non-hydrogen) atoms. The molecule has 3 heteroatoms. The standard InChI is InChI=1S/C56H39NOSi/c1-4-17-40(18-5-1)45-25-14-28-48(37-45)57-53-35-33-43-23-10-12-31-51(43)55(53)56-52-32-13-11-24-44(52)34-36-54(56)58-59(57,49-29-15-26-46(38-49)41-19-6-2-7-20-41)50-30-16-27-47(39-50)42-21-8-3-9-22-42/h1-39H. The maximum absolute atomic E-state index is 8.22.